The van der Waals surface area contributed by atoms with E-state index in [0.717, 1.165) is 12.8 Å². The van der Waals surface area contributed by atoms with Gasteiger partial charge in [0.1, 0.15) is 11.6 Å². The first-order chi connectivity index (χ1) is 19.5. The molecule has 8 nitrogen and oxygen atoms in total. The normalized spacial score (nSPS) is 20.1. The van der Waals surface area contributed by atoms with Crippen molar-refractivity contribution in [3.8, 4) is 11.1 Å². The number of primary amides is 1. The molecule has 2 heterocycles. The summed E-state index contributed by atoms with van der Waals surface area (Å²) in [5.41, 5.74) is 7.48. The van der Waals surface area contributed by atoms with Crippen molar-refractivity contribution >= 4 is 34.3 Å². The van der Waals surface area contributed by atoms with Crippen molar-refractivity contribution < 1.29 is 28.3 Å². The molecule has 10 heteroatoms. The highest BCUT2D eigenvalue weighted by atomic mass is 19.1. The smallest absolute Gasteiger partial charge is 0.253 e. The fraction of sp³-hybridized carbons (Fsp3) is 0.452. The minimum Gasteiger partial charge on any atom is -0.395 e. The fourth-order valence-corrected chi connectivity index (χ4v) is 6.44. The number of anilines is 1. The number of carbonyl (C=O) groups excluding carboxylic acids is 3. The second-order valence-corrected chi connectivity index (χ2v) is 12.1. The number of nitrogens with zero attached hydrogens (tertiary/aromatic N) is 1. The molecule has 0 radical (unpaired) electrons. The average molecular weight is 567 g/mol. The Kier molecular flexibility index (Phi) is 7.87. The van der Waals surface area contributed by atoms with Gasteiger partial charge in [-0.15, -0.1) is 0 Å². The number of carbonyl (C=O) groups is 3. The predicted molar refractivity (Wildman–Crippen MR) is 153 cm³/mol. The number of halogens is 2. The Hall–Kier alpha value is -3.79. The molecule has 218 valence electrons. The summed E-state index contributed by atoms with van der Waals surface area (Å²) >= 11 is 0. The Bertz CT molecular complexity index is 1520. The number of aromatic nitrogens is 1. The second-order valence-electron chi connectivity index (χ2n) is 12.1. The molecule has 1 aliphatic carbocycles. The molecule has 5 N–H and O–H groups in total. The number of hydrogen-bond acceptors (Lipinski definition) is 5. The minimum absolute atomic E-state index is 0.0547. The molecule has 0 spiro atoms. The van der Waals surface area contributed by atoms with Gasteiger partial charge in [-0.1, -0.05) is 13.8 Å². The van der Waals surface area contributed by atoms with E-state index in [4.69, 9.17) is 10.8 Å². The summed E-state index contributed by atoms with van der Waals surface area (Å²) in [5, 5.41) is 15.5. The van der Waals surface area contributed by atoms with Crippen molar-refractivity contribution in [3.05, 3.63) is 53.2 Å². The van der Waals surface area contributed by atoms with Gasteiger partial charge in [0.05, 0.1) is 23.4 Å². The molecular formula is C31H36F2N4O4. The highest BCUT2D eigenvalue weighted by Gasteiger charge is 2.36. The lowest BCUT2D eigenvalue weighted by atomic mass is 9.80. The number of hydrogen-bond donors (Lipinski definition) is 4. The van der Waals surface area contributed by atoms with Gasteiger partial charge in [0.25, 0.3) is 5.91 Å². The van der Waals surface area contributed by atoms with Crippen LogP contribution in [0.2, 0.25) is 0 Å². The van der Waals surface area contributed by atoms with Gasteiger partial charge >= 0.3 is 0 Å². The molecule has 0 bridgehead atoms. The van der Waals surface area contributed by atoms with Crippen LogP contribution in [0.1, 0.15) is 66.8 Å². The first-order valence-electron chi connectivity index (χ1n) is 14.1. The Morgan fingerprint density at radius 3 is 2.51 bits per heavy atom. The van der Waals surface area contributed by atoms with Crippen LogP contribution in [-0.2, 0) is 11.2 Å². The SMILES string of the molecule is CC1(C)CC(=O)n2c(c(-c3cc(F)c(C(N)=O)c(NCC4CCC(C(=O)NCCO)CC4)c3)c3ccc(F)cc32)C1. The first-order valence-corrected chi connectivity index (χ1v) is 14.1. The van der Waals surface area contributed by atoms with Gasteiger partial charge in [-0.25, -0.2) is 8.78 Å². The van der Waals surface area contributed by atoms with Crippen LogP contribution < -0.4 is 16.4 Å². The number of rotatable bonds is 8. The zero-order valence-electron chi connectivity index (χ0n) is 23.4. The van der Waals surface area contributed by atoms with Crippen LogP contribution in [0.25, 0.3) is 22.0 Å². The number of aliphatic hydroxyl groups excluding tert-OH is 1. The fourth-order valence-electron chi connectivity index (χ4n) is 6.44. The van der Waals surface area contributed by atoms with Crippen molar-refractivity contribution in [3.63, 3.8) is 0 Å². The molecule has 3 aromatic rings. The quantitative estimate of drug-likeness (QED) is 0.317. The standard InChI is InChI=1S/C31H36F2N4O4/c1-31(2)14-25-27(21-8-7-20(32)13-24(21)37(25)26(39)15-31)19-11-22(33)28(29(34)40)23(12-19)36-16-17-3-5-18(6-4-17)30(41)35-9-10-38/h7-8,11-13,17-18,36,38H,3-6,9-10,14-16H2,1-2H3,(H2,34,40)(H,35,41). The zero-order valence-corrected chi connectivity index (χ0v) is 23.4. The van der Waals surface area contributed by atoms with Crippen molar-refractivity contribution in [1.82, 2.24) is 9.88 Å². The van der Waals surface area contributed by atoms with Gasteiger partial charge in [-0.3, -0.25) is 19.0 Å². The van der Waals surface area contributed by atoms with Crippen LogP contribution in [0, 0.1) is 28.9 Å². The van der Waals surface area contributed by atoms with E-state index >= 15 is 4.39 Å². The van der Waals surface area contributed by atoms with Crippen LogP contribution in [0.15, 0.2) is 30.3 Å². The van der Waals surface area contributed by atoms with Gasteiger partial charge in [0.2, 0.25) is 11.8 Å². The maximum absolute atomic E-state index is 15.5. The van der Waals surface area contributed by atoms with Crippen molar-refractivity contribution in [2.45, 2.75) is 52.4 Å². The van der Waals surface area contributed by atoms with Gasteiger partial charge in [0.15, 0.2) is 0 Å². The predicted octanol–water partition coefficient (Wildman–Crippen LogP) is 4.62. The number of benzene rings is 2. The van der Waals surface area contributed by atoms with E-state index in [1.165, 1.54) is 18.2 Å². The number of nitrogens with one attached hydrogen (secondary N) is 2. The number of fused-ring (bicyclic) bond motifs is 3. The molecule has 2 aromatic carbocycles. The van der Waals surface area contributed by atoms with Crippen molar-refractivity contribution in [2.24, 2.45) is 23.0 Å². The third kappa shape index (κ3) is 5.70. The summed E-state index contributed by atoms with van der Waals surface area (Å²) in [4.78, 5) is 37.7. The molecule has 1 saturated carbocycles. The van der Waals surface area contributed by atoms with Crippen LogP contribution in [-0.4, -0.2) is 47.1 Å². The lowest BCUT2D eigenvalue weighted by molar-refractivity contribution is -0.126. The highest BCUT2D eigenvalue weighted by molar-refractivity contribution is 6.06. The Morgan fingerprint density at radius 1 is 1.10 bits per heavy atom. The molecule has 41 heavy (non-hydrogen) atoms. The average Bonchev–Trinajstić information content (AvgIpc) is 3.22. The number of nitrogens with two attached hydrogens (primary N) is 1. The summed E-state index contributed by atoms with van der Waals surface area (Å²) in [5.74, 6) is -2.26. The molecule has 2 amide bonds. The second kappa shape index (κ2) is 11.2. The van der Waals surface area contributed by atoms with Crippen LogP contribution >= 0.6 is 0 Å². The lowest BCUT2D eigenvalue weighted by Crippen LogP contribution is -2.35. The number of aliphatic hydroxyl groups is 1. The number of amides is 2. The molecule has 2 aliphatic rings. The van der Waals surface area contributed by atoms with E-state index in [1.807, 2.05) is 13.8 Å². The molecular weight excluding hydrogens is 530 g/mol. The summed E-state index contributed by atoms with van der Waals surface area (Å²) < 4.78 is 31.4. The van der Waals surface area contributed by atoms with E-state index in [0.29, 0.717) is 60.0 Å². The van der Waals surface area contributed by atoms with Crippen molar-refractivity contribution in [2.75, 3.05) is 25.0 Å². The van der Waals surface area contributed by atoms with E-state index in [-0.39, 0.29) is 53.5 Å². The summed E-state index contributed by atoms with van der Waals surface area (Å²) in [7, 11) is 0. The zero-order chi connectivity index (χ0) is 29.5. The molecule has 0 saturated heterocycles. The molecule has 1 aromatic heterocycles. The topological polar surface area (TPSA) is 126 Å². The van der Waals surface area contributed by atoms with Gasteiger partial charge in [-0.05, 0) is 79.3 Å². The summed E-state index contributed by atoms with van der Waals surface area (Å²) in [6, 6.07) is 7.19. The van der Waals surface area contributed by atoms with Crippen LogP contribution in [0.3, 0.4) is 0 Å². The summed E-state index contributed by atoms with van der Waals surface area (Å²) in [6.45, 7) is 4.57. The van der Waals surface area contributed by atoms with Crippen LogP contribution in [0.4, 0.5) is 14.5 Å². The molecule has 0 atom stereocenters. The molecule has 5 rings (SSSR count). The maximum Gasteiger partial charge on any atom is 0.253 e. The van der Waals surface area contributed by atoms with Crippen LogP contribution in [0.5, 0.6) is 0 Å². The molecule has 1 fully saturated rings. The summed E-state index contributed by atoms with van der Waals surface area (Å²) in [6.07, 6.45) is 3.78. The van der Waals surface area contributed by atoms with E-state index < -0.39 is 17.5 Å². The minimum atomic E-state index is -0.900. The molecule has 1 aliphatic heterocycles. The van der Waals surface area contributed by atoms with Gasteiger partial charge in [0, 0.05) is 42.1 Å². The maximum atomic E-state index is 15.5. The van der Waals surface area contributed by atoms with Crippen molar-refractivity contribution in [1.29, 1.82) is 0 Å². The Labute approximate surface area is 237 Å². The Morgan fingerprint density at radius 2 is 1.83 bits per heavy atom. The highest BCUT2D eigenvalue weighted by Crippen LogP contribution is 2.44. The third-order valence-electron chi connectivity index (χ3n) is 8.39. The first kappa shape index (κ1) is 28.7. The van der Waals surface area contributed by atoms with Gasteiger partial charge in [-0.2, -0.15) is 0 Å². The monoisotopic (exact) mass is 566 g/mol. The van der Waals surface area contributed by atoms with E-state index in [2.05, 4.69) is 10.6 Å². The third-order valence-corrected chi connectivity index (χ3v) is 8.39. The molecule has 0 unspecified atom stereocenters. The van der Waals surface area contributed by atoms with Gasteiger partial charge < -0.3 is 21.5 Å². The van der Waals surface area contributed by atoms with E-state index in [9.17, 15) is 18.8 Å². The lowest BCUT2D eigenvalue weighted by Gasteiger charge is -2.31. The van der Waals surface area contributed by atoms with E-state index in [1.54, 1.807) is 16.7 Å². The largest absolute Gasteiger partial charge is 0.395 e. The Balaban J connectivity index is 1.48.